The average molecular weight is 356 g/mol. The van der Waals surface area contributed by atoms with Gasteiger partial charge in [-0.15, -0.1) is 0 Å². The Morgan fingerprint density at radius 2 is 2.19 bits per heavy atom. The van der Waals surface area contributed by atoms with Crippen LogP contribution in [0, 0.1) is 5.41 Å². The number of carbonyl (C=O) groups is 1. The second kappa shape index (κ2) is 6.72. The van der Waals surface area contributed by atoms with Crippen molar-refractivity contribution in [3.63, 3.8) is 0 Å². The topological polar surface area (TPSA) is 83.3 Å². The van der Waals surface area contributed by atoms with Gasteiger partial charge in [0.15, 0.2) is 5.82 Å². The average Bonchev–Trinajstić information content (AvgIpc) is 2.48. The highest BCUT2D eigenvalue weighted by atomic mass is 79.9. The standard InChI is InChI=1S/C14H22BrN5O/c1-14(3-5-20(2)6-4-14)9-18-13(21)11-7-10(15)8-17-12(11)19-16/h7-8H,3-6,9,16H2,1-2H3,(H,17,19)(H,18,21). The van der Waals surface area contributed by atoms with Crippen molar-refractivity contribution in [1.29, 1.82) is 0 Å². The number of likely N-dealkylation sites (tertiary alicyclic amines) is 1. The molecule has 7 heteroatoms. The molecule has 0 saturated carbocycles. The Hall–Kier alpha value is -1.18. The van der Waals surface area contributed by atoms with Crippen LogP contribution in [0.15, 0.2) is 16.7 Å². The third-order valence-electron chi connectivity index (χ3n) is 4.11. The van der Waals surface area contributed by atoms with E-state index >= 15 is 0 Å². The summed E-state index contributed by atoms with van der Waals surface area (Å²) in [5, 5.41) is 3.01. The van der Waals surface area contributed by atoms with Crippen LogP contribution in [0.3, 0.4) is 0 Å². The van der Waals surface area contributed by atoms with Gasteiger partial charge in [0, 0.05) is 17.2 Å². The van der Waals surface area contributed by atoms with E-state index in [2.05, 4.69) is 50.5 Å². The first kappa shape index (κ1) is 16.2. The molecule has 1 amide bonds. The molecule has 1 aromatic heterocycles. The van der Waals surface area contributed by atoms with E-state index < -0.39 is 0 Å². The molecule has 0 aliphatic carbocycles. The van der Waals surface area contributed by atoms with Gasteiger partial charge < -0.3 is 15.6 Å². The Morgan fingerprint density at radius 1 is 1.52 bits per heavy atom. The largest absolute Gasteiger partial charge is 0.351 e. The van der Waals surface area contributed by atoms with Crippen LogP contribution in [0.4, 0.5) is 5.82 Å². The predicted molar refractivity (Wildman–Crippen MR) is 86.9 cm³/mol. The summed E-state index contributed by atoms with van der Waals surface area (Å²) >= 11 is 3.32. The fraction of sp³-hybridized carbons (Fsp3) is 0.571. The number of pyridine rings is 1. The Balaban J connectivity index is 2.00. The fourth-order valence-corrected chi connectivity index (χ4v) is 2.78. The summed E-state index contributed by atoms with van der Waals surface area (Å²) in [4.78, 5) is 18.8. The number of hydrazine groups is 1. The summed E-state index contributed by atoms with van der Waals surface area (Å²) < 4.78 is 0.747. The lowest BCUT2D eigenvalue weighted by molar-refractivity contribution is 0.0892. The van der Waals surface area contributed by atoms with Crippen molar-refractivity contribution in [2.45, 2.75) is 19.8 Å². The molecule has 6 nitrogen and oxygen atoms in total. The van der Waals surface area contributed by atoms with Crippen LogP contribution in [-0.2, 0) is 0 Å². The second-order valence-electron chi connectivity index (χ2n) is 5.99. The smallest absolute Gasteiger partial charge is 0.255 e. The number of hydrogen-bond acceptors (Lipinski definition) is 5. The first-order valence-electron chi connectivity index (χ1n) is 7.02. The molecule has 0 atom stereocenters. The Labute approximate surface area is 133 Å². The van der Waals surface area contributed by atoms with E-state index in [0.29, 0.717) is 17.9 Å². The zero-order valence-corrected chi connectivity index (χ0v) is 14.0. The normalized spacial score (nSPS) is 18.3. The van der Waals surface area contributed by atoms with Crippen LogP contribution in [-0.4, -0.2) is 42.5 Å². The minimum atomic E-state index is -0.156. The van der Waals surface area contributed by atoms with Crippen LogP contribution < -0.4 is 16.6 Å². The van der Waals surface area contributed by atoms with Crippen LogP contribution in [0.25, 0.3) is 0 Å². The number of amides is 1. The molecule has 1 aromatic rings. The number of hydrogen-bond donors (Lipinski definition) is 3. The Kier molecular flexibility index (Phi) is 5.18. The maximum atomic E-state index is 12.3. The van der Waals surface area contributed by atoms with Crippen molar-refractivity contribution in [1.82, 2.24) is 15.2 Å². The predicted octanol–water partition coefficient (Wildman–Crippen LogP) is 1.59. The quantitative estimate of drug-likeness (QED) is 0.564. The first-order valence-corrected chi connectivity index (χ1v) is 7.82. The number of rotatable bonds is 4. The maximum absolute atomic E-state index is 12.3. The number of carbonyl (C=O) groups excluding carboxylic acids is 1. The van der Waals surface area contributed by atoms with Gasteiger partial charge in [-0.05, 0) is 60.4 Å². The van der Waals surface area contributed by atoms with Gasteiger partial charge in [-0.3, -0.25) is 4.79 Å². The van der Waals surface area contributed by atoms with E-state index in [4.69, 9.17) is 5.84 Å². The summed E-state index contributed by atoms with van der Waals surface area (Å²) in [6, 6.07) is 1.72. The molecule has 1 saturated heterocycles. The van der Waals surface area contributed by atoms with Crippen LogP contribution >= 0.6 is 15.9 Å². The lowest BCUT2D eigenvalue weighted by Gasteiger charge is -2.38. The van der Waals surface area contributed by atoms with Gasteiger partial charge in [-0.2, -0.15) is 0 Å². The number of anilines is 1. The molecular formula is C14H22BrN5O. The van der Waals surface area contributed by atoms with Gasteiger partial charge >= 0.3 is 0 Å². The van der Waals surface area contributed by atoms with Crippen molar-refractivity contribution < 1.29 is 4.79 Å². The van der Waals surface area contributed by atoms with Crippen molar-refractivity contribution in [3.05, 3.63) is 22.3 Å². The van der Waals surface area contributed by atoms with E-state index in [1.54, 1.807) is 12.3 Å². The minimum Gasteiger partial charge on any atom is -0.351 e. The van der Waals surface area contributed by atoms with Crippen LogP contribution in [0.5, 0.6) is 0 Å². The minimum absolute atomic E-state index is 0.151. The maximum Gasteiger partial charge on any atom is 0.255 e. The third-order valence-corrected chi connectivity index (χ3v) is 4.54. The van der Waals surface area contributed by atoms with E-state index in [0.717, 1.165) is 30.4 Å². The molecule has 4 N–H and O–H groups in total. The summed E-state index contributed by atoms with van der Waals surface area (Å²) in [7, 11) is 2.13. The highest BCUT2D eigenvalue weighted by Crippen LogP contribution is 2.29. The molecule has 116 valence electrons. The number of piperidine rings is 1. The number of nitrogens with one attached hydrogen (secondary N) is 2. The lowest BCUT2D eigenvalue weighted by Crippen LogP contribution is -2.43. The molecule has 0 unspecified atom stereocenters. The Bertz CT molecular complexity index is 514. The zero-order chi connectivity index (χ0) is 15.5. The zero-order valence-electron chi connectivity index (χ0n) is 12.4. The lowest BCUT2D eigenvalue weighted by atomic mass is 9.80. The molecular weight excluding hydrogens is 334 g/mol. The van der Waals surface area contributed by atoms with Crippen molar-refractivity contribution in [3.8, 4) is 0 Å². The SMILES string of the molecule is CN1CCC(C)(CNC(=O)c2cc(Br)cnc2NN)CC1. The third kappa shape index (κ3) is 4.15. The summed E-state index contributed by atoms with van der Waals surface area (Å²) in [6.45, 7) is 5.03. The number of aromatic nitrogens is 1. The van der Waals surface area contributed by atoms with E-state index in [9.17, 15) is 4.79 Å². The van der Waals surface area contributed by atoms with Gasteiger partial charge in [0.05, 0.1) is 5.56 Å². The summed E-state index contributed by atoms with van der Waals surface area (Å²) in [5.41, 5.74) is 3.06. The number of nitrogens with zero attached hydrogens (tertiary/aromatic N) is 2. The van der Waals surface area contributed by atoms with Crippen molar-refractivity contribution >= 4 is 27.7 Å². The highest BCUT2D eigenvalue weighted by molar-refractivity contribution is 9.10. The highest BCUT2D eigenvalue weighted by Gasteiger charge is 2.29. The first-order chi connectivity index (χ1) is 9.93. The molecule has 0 radical (unpaired) electrons. The van der Waals surface area contributed by atoms with Gasteiger partial charge in [0.25, 0.3) is 5.91 Å². The molecule has 0 spiro atoms. The molecule has 0 aromatic carbocycles. The molecule has 0 bridgehead atoms. The van der Waals surface area contributed by atoms with Crippen molar-refractivity contribution in [2.24, 2.45) is 11.3 Å². The molecule has 1 aliphatic rings. The van der Waals surface area contributed by atoms with Gasteiger partial charge in [0.2, 0.25) is 0 Å². The van der Waals surface area contributed by atoms with Gasteiger partial charge in [0.1, 0.15) is 0 Å². The summed E-state index contributed by atoms with van der Waals surface area (Å²) in [6.07, 6.45) is 3.77. The van der Waals surface area contributed by atoms with Crippen LogP contribution in [0.1, 0.15) is 30.1 Å². The van der Waals surface area contributed by atoms with Gasteiger partial charge in [-0.25, -0.2) is 10.8 Å². The number of nitrogens with two attached hydrogens (primary N) is 1. The summed E-state index contributed by atoms with van der Waals surface area (Å²) in [5.74, 6) is 5.63. The van der Waals surface area contributed by atoms with Crippen LogP contribution in [0.2, 0.25) is 0 Å². The van der Waals surface area contributed by atoms with E-state index in [-0.39, 0.29) is 11.3 Å². The van der Waals surface area contributed by atoms with Gasteiger partial charge in [-0.1, -0.05) is 6.92 Å². The van der Waals surface area contributed by atoms with E-state index in [1.807, 2.05) is 0 Å². The van der Waals surface area contributed by atoms with E-state index in [1.165, 1.54) is 0 Å². The molecule has 1 aliphatic heterocycles. The molecule has 2 rings (SSSR count). The fourth-order valence-electron chi connectivity index (χ4n) is 2.45. The molecule has 2 heterocycles. The number of halogens is 1. The number of nitrogen functional groups attached to an aromatic ring is 1. The molecule has 1 fully saturated rings. The molecule has 21 heavy (non-hydrogen) atoms. The Morgan fingerprint density at radius 3 is 2.81 bits per heavy atom. The van der Waals surface area contributed by atoms with Crippen molar-refractivity contribution in [2.75, 3.05) is 32.1 Å². The second-order valence-corrected chi connectivity index (χ2v) is 6.91. The monoisotopic (exact) mass is 355 g/mol.